The Balaban J connectivity index is 2.04. The molecule has 140 valence electrons. The maximum Gasteiger partial charge on any atom is 0.251 e. The van der Waals surface area contributed by atoms with Crippen molar-refractivity contribution in [2.75, 3.05) is 25.9 Å². The van der Waals surface area contributed by atoms with Crippen LogP contribution >= 0.6 is 0 Å². The molecule has 1 aliphatic heterocycles. The van der Waals surface area contributed by atoms with Gasteiger partial charge in [-0.25, -0.2) is 8.42 Å². The Morgan fingerprint density at radius 2 is 1.88 bits per heavy atom. The van der Waals surface area contributed by atoms with Crippen LogP contribution in [-0.4, -0.2) is 51.2 Å². The summed E-state index contributed by atoms with van der Waals surface area (Å²) in [6.07, 6.45) is 2.41. The molecule has 1 heterocycles. The normalized spacial score (nSPS) is 23.2. The van der Waals surface area contributed by atoms with Crippen molar-refractivity contribution in [2.24, 2.45) is 11.8 Å². The second kappa shape index (κ2) is 7.87. The minimum atomic E-state index is -3.33. The van der Waals surface area contributed by atoms with Crippen LogP contribution in [0, 0.1) is 18.8 Å². The summed E-state index contributed by atoms with van der Waals surface area (Å²) in [5, 5.41) is 3.02. The molecule has 1 amide bonds. The number of hydrogen-bond acceptors (Lipinski definition) is 4. The van der Waals surface area contributed by atoms with Crippen molar-refractivity contribution in [2.45, 2.75) is 45.1 Å². The van der Waals surface area contributed by atoms with Gasteiger partial charge in [-0.1, -0.05) is 19.9 Å². The van der Waals surface area contributed by atoms with E-state index < -0.39 is 9.84 Å². The highest BCUT2D eigenvalue weighted by Crippen LogP contribution is 2.21. The molecule has 2 rings (SSSR count). The number of sulfone groups is 1. The van der Waals surface area contributed by atoms with E-state index in [1.807, 2.05) is 13.8 Å². The Morgan fingerprint density at radius 3 is 2.44 bits per heavy atom. The van der Waals surface area contributed by atoms with Crippen LogP contribution in [0.3, 0.4) is 0 Å². The van der Waals surface area contributed by atoms with Gasteiger partial charge in [-0.05, 0) is 49.8 Å². The van der Waals surface area contributed by atoms with Crippen molar-refractivity contribution in [3.05, 3.63) is 29.3 Å². The van der Waals surface area contributed by atoms with Crippen LogP contribution in [0.4, 0.5) is 0 Å². The Kier molecular flexibility index (Phi) is 6.27. The second-order valence-electron chi connectivity index (χ2n) is 7.79. The van der Waals surface area contributed by atoms with E-state index in [9.17, 15) is 13.2 Å². The number of rotatable bonds is 5. The molecule has 1 aromatic carbocycles. The largest absolute Gasteiger partial charge is 0.348 e. The lowest BCUT2D eigenvalue weighted by molar-refractivity contribution is 0.0904. The van der Waals surface area contributed by atoms with Crippen LogP contribution in [0.5, 0.6) is 0 Å². The number of piperidine rings is 1. The molecule has 0 saturated carbocycles. The first kappa shape index (κ1) is 19.9. The molecule has 25 heavy (non-hydrogen) atoms. The third-order valence-electron chi connectivity index (χ3n) is 4.74. The van der Waals surface area contributed by atoms with E-state index in [-0.39, 0.29) is 16.8 Å². The average molecular weight is 367 g/mol. The minimum absolute atomic E-state index is 0.00582. The Labute approximate surface area is 151 Å². The number of carbonyl (C=O) groups excluding carboxylic acids is 1. The molecule has 3 atom stereocenters. The van der Waals surface area contributed by atoms with Gasteiger partial charge in [-0.15, -0.1) is 0 Å². The first-order valence-electron chi connectivity index (χ1n) is 8.90. The van der Waals surface area contributed by atoms with Gasteiger partial charge in [0.15, 0.2) is 9.84 Å². The van der Waals surface area contributed by atoms with Crippen molar-refractivity contribution in [3.63, 3.8) is 0 Å². The van der Waals surface area contributed by atoms with E-state index in [0.29, 0.717) is 17.4 Å². The van der Waals surface area contributed by atoms with Crippen LogP contribution < -0.4 is 5.32 Å². The summed E-state index contributed by atoms with van der Waals surface area (Å²) >= 11 is 0. The minimum Gasteiger partial charge on any atom is -0.348 e. The van der Waals surface area contributed by atoms with E-state index >= 15 is 0 Å². The molecular formula is C19H30N2O3S. The fourth-order valence-electron chi connectivity index (χ4n) is 3.75. The summed E-state index contributed by atoms with van der Waals surface area (Å²) in [5.41, 5.74) is 1.20. The van der Waals surface area contributed by atoms with Gasteiger partial charge in [0.25, 0.3) is 5.91 Å². The molecule has 1 saturated heterocycles. The van der Waals surface area contributed by atoms with E-state index in [2.05, 4.69) is 24.1 Å². The van der Waals surface area contributed by atoms with E-state index in [1.54, 1.807) is 12.1 Å². The summed E-state index contributed by atoms with van der Waals surface area (Å²) in [4.78, 5) is 15.2. The molecule has 5 nitrogen and oxygen atoms in total. The first-order chi connectivity index (χ1) is 11.6. The van der Waals surface area contributed by atoms with Gasteiger partial charge in [0, 0.05) is 37.5 Å². The lowest BCUT2D eigenvalue weighted by atomic mass is 9.92. The smallest absolute Gasteiger partial charge is 0.251 e. The maximum atomic E-state index is 12.6. The first-order valence-corrected chi connectivity index (χ1v) is 10.8. The number of nitrogens with zero attached hydrogens (tertiary/aromatic N) is 1. The van der Waals surface area contributed by atoms with Gasteiger partial charge < -0.3 is 10.2 Å². The molecule has 1 N–H and O–H groups in total. The van der Waals surface area contributed by atoms with Crippen molar-refractivity contribution in [1.29, 1.82) is 0 Å². The van der Waals surface area contributed by atoms with E-state index in [0.717, 1.165) is 31.5 Å². The van der Waals surface area contributed by atoms with Gasteiger partial charge in [0.1, 0.15) is 0 Å². The molecule has 0 bridgehead atoms. The Hall–Kier alpha value is -1.40. The lowest BCUT2D eigenvalue weighted by Crippen LogP contribution is -2.47. The molecule has 0 radical (unpaired) electrons. The number of nitrogens with one attached hydrogen (secondary N) is 1. The molecule has 1 fully saturated rings. The second-order valence-corrected chi connectivity index (χ2v) is 9.80. The number of benzene rings is 1. The third-order valence-corrected chi connectivity index (χ3v) is 5.85. The highest BCUT2D eigenvalue weighted by atomic mass is 32.2. The monoisotopic (exact) mass is 366 g/mol. The van der Waals surface area contributed by atoms with Crippen molar-refractivity contribution >= 4 is 15.7 Å². The van der Waals surface area contributed by atoms with E-state index in [4.69, 9.17) is 0 Å². The average Bonchev–Trinajstić information content (AvgIpc) is 2.44. The molecule has 6 heteroatoms. The predicted molar refractivity (Wildman–Crippen MR) is 101 cm³/mol. The lowest BCUT2D eigenvalue weighted by Gasteiger charge is -2.36. The SMILES string of the molecule is Cc1ccc(S(C)(=O)=O)cc1C(=O)NC(C)CN1CC(C)CC(C)C1. The van der Waals surface area contributed by atoms with Crippen LogP contribution in [0.2, 0.25) is 0 Å². The van der Waals surface area contributed by atoms with Gasteiger partial charge in [-0.2, -0.15) is 0 Å². The number of aryl methyl sites for hydroxylation is 1. The topological polar surface area (TPSA) is 66.5 Å². The maximum absolute atomic E-state index is 12.6. The molecule has 0 spiro atoms. The summed E-state index contributed by atoms with van der Waals surface area (Å²) in [6.45, 7) is 11.3. The standard InChI is InChI=1S/C19H30N2O3S/c1-13-8-14(2)11-21(10-13)12-16(4)20-19(22)18-9-17(25(5,23)24)7-6-15(18)3/h6-7,9,13-14,16H,8,10-12H2,1-5H3,(H,20,22). The summed E-state index contributed by atoms with van der Waals surface area (Å²) in [6, 6.07) is 4.70. The molecule has 1 aromatic rings. The Morgan fingerprint density at radius 1 is 1.28 bits per heavy atom. The van der Waals surface area contributed by atoms with Gasteiger partial charge >= 0.3 is 0 Å². The number of amides is 1. The zero-order valence-electron chi connectivity index (χ0n) is 15.9. The van der Waals surface area contributed by atoms with Crippen molar-refractivity contribution in [1.82, 2.24) is 10.2 Å². The quantitative estimate of drug-likeness (QED) is 0.869. The van der Waals surface area contributed by atoms with Crippen LogP contribution in [-0.2, 0) is 9.84 Å². The summed E-state index contributed by atoms with van der Waals surface area (Å²) in [5.74, 6) is 1.15. The fraction of sp³-hybridized carbons (Fsp3) is 0.632. The van der Waals surface area contributed by atoms with Gasteiger partial charge in [0.2, 0.25) is 0 Å². The zero-order chi connectivity index (χ0) is 18.8. The summed E-state index contributed by atoms with van der Waals surface area (Å²) < 4.78 is 23.5. The third kappa shape index (κ3) is 5.54. The molecule has 3 unspecified atom stereocenters. The number of likely N-dealkylation sites (tertiary alicyclic amines) is 1. The zero-order valence-corrected chi connectivity index (χ0v) is 16.7. The van der Waals surface area contributed by atoms with Gasteiger partial charge in [-0.3, -0.25) is 4.79 Å². The molecule has 0 aromatic heterocycles. The highest BCUT2D eigenvalue weighted by Gasteiger charge is 2.24. The number of carbonyl (C=O) groups is 1. The van der Waals surface area contributed by atoms with Crippen LogP contribution in [0.1, 0.15) is 43.1 Å². The molecule has 0 aliphatic carbocycles. The predicted octanol–water partition coefficient (Wildman–Crippen LogP) is 2.49. The molecule has 1 aliphatic rings. The summed E-state index contributed by atoms with van der Waals surface area (Å²) in [7, 11) is -3.33. The number of hydrogen-bond donors (Lipinski definition) is 1. The highest BCUT2D eigenvalue weighted by molar-refractivity contribution is 7.90. The van der Waals surface area contributed by atoms with Gasteiger partial charge in [0.05, 0.1) is 4.90 Å². The van der Waals surface area contributed by atoms with Crippen molar-refractivity contribution in [3.8, 4) is 0 Å². The van der Waals surface area contributed by atoms with E-state index in [1.165, 1.54) is 12.5 Å². The van der Waals surface area contributed by atoms with Crippen molar-refractivity contribution < 1.29 is 13.2 Å². The van der Waals surface area contributed by atoms with Crippen LogP contribution in [0.15, 0.2) is 23.1 Å². The molecular weight excluding hydrogens is 336 g/mol. The Bertz CT molecular complexity index is 720. The fourth-order valence-corrected chi connectivity index (χ4v) is 4.40. The van der Waals surface area contributed by atoms with Crippen LogP contribution in [0.25, 0.3) is 0 Å².